The molecule has 5 nitrogen and oxygen atoms in total. The summed E-state index contributed by atoms with van der Waals surface area (Å²) in [5.74, 6) is 2.48. The van der Waals surface area contributed by atoms with E-state index in [4.69, 9.17) is 0 Å². The van der Waals surface area contributed by atoms with Gasteiger partial charge in [0.15, 0.2) is 0 Å². The molecule has 5 heteroatoms. The molecule has 88 valence electrons. The van der Waals surface area contributed by atoms with E-state index >= 15 is 0 Å². The van der Waals surface area contributed by atoms with Gasteiger partial charge in [0.25, 0.3) is 0 Å². The van der Waals surface area contributed by atoms with Crippen LogP contribution in [0.15, 0.2) is 0 Å². The van der Waals surface area contributed by atoms with Gasteiger partial charge in [0.1, 0.15) is 11.6 Å². The van der Waals surface area contributed by atoms with Crippen LogP contribution in [0, 0.1) is 12.8 Å². The molecule has 1 saturated heterocycles. The molecule has 1 aliphatic carbocycles. The lowest BCUT2D eigenvalue weighted by Gasteiger charge is -2.46. The van der Waals surface area contributed by atoms with Crippen molar-refractivity contribution in [3.8, 4) is 0 Å². The number of aromatic nitrogens is 3. The Morgan fingerprint density at radius 1 is 1.38 bits per heavy atom. The Bertz CT molecular complexity index is 404. The number of nitrogens with zero attached hydrogens (tertiary/aromatic N) is 4. The second-order valence-electron chi connectivity index (χ2n) is 5.25. The van der Waals surface area contributed by atoms with E-state index < -0.39 is 5.60 Å². The van der Waals surface area contributed by atoms with E-state index in [2.05, 4.69) is 15.1 Å². The smallest absolute Gasteiger partial charge is 0.146 e. The van der Waals surface area contributed by atoms with Crippen LogP contribution < -0.4 is 0 Å². The van der Waals surface area contributed by atoms with Crippen LogP contribution in [0.25, 0.3) is 0 Å². The van der Waals surface area contributed by atoms with Crippen molar-refractivity contribution in [1.82, 2.24) is 19.7 Å². The zero-order chi connectivity index (χ0) is 11.3. The Labute approximate surface area is 95.1 Å². The molecule has 3 rings (SSSR count). The number of hydrogen-bond donors (Lipinski definition) is 1. The van der Waals surface area contributed by atoms with Gasteiger partial charge in [-0.05, 0) is 25.7 Å². The van der Waals surface area contributed by atoms with Gasteiger partial charge in [-0.25, -0.2) is 0 Å². The maximum absolute atomic E-state index is 10.2. The summed E-state index contributed by atoms with van der Waals surface area (Å²) in [6.45, 7) is 4.34. The highest BCUT2D eigenvalue weighted by molar-refractivity contribution is 5.06. The lowest BCUT2D eigenvalue weighted by atomic mass is 9.89. The molecule has 1 aromatic heterocycles. The molecule has 2 fully saturated rings. The van der Waals surface area contributed by atoms with E-state index in [1.807, 2.05) is 18.5 Å². The average Bonchev–Trinajstić information content (AvgIpc) is 2.99. The molecule has 0 bridgehead atoms. The molecule has 1 aliphatic heterocycles. The van der Waals surface area contributed by atoms with Crippen LogP contribution in [0.2, 0.25) is 0 Å². The summed E-state index contributed by atoms with van der Waals surface area (Å²) >= 11 is 0. The van der Waals surface area contributed by atoms with Gasteiger partial charge in [0, 0.05) is 20.1 Å². The Balaban J connectivity index is 1.60. The molecule has 1 N–H and O–H groups in total. The summed E-state index contributed by atoms with van der Waals surface area (Å²) in [6, 6.07) is 0. The molecule has 0 unspecified atom stereocenters. The third-order valence-corrected chi connectivity index (χ3v) is 3.88. The summed E-state index contributed by atoms with van der Waals surface area (Å²) in [5, 5.41) is 18.4. The fourth-order valence-corrected chi connectivity index (χ4v) is 2.51. The minimum Gasteiger partial charge on any atom is -0.387 e. The maximum Gasteiger partial charge on any atom is 0.146 e. The van der Waals surface area contributed by atoms with Crippen molar-refractivity contribution in [3.63, 3.8) is 0 Å². The number of β-amino-alcohol motifs (C(OH)–C–C–N with tert-alkyl or cyclic N) is 1. The summed E-state index contributed by atoms with van der Waals surface area (Å²) in [7, 11) is 1.98. The van der Waals surface area contributed by atoms with Crippen molar-refractivity contribution in [1.29, 1.82) is 0 Å². The minimum absolute atomic E-state index is 0.395. The summed E-state index contributed by atoms with van der Waals surface area (Å²) in [4.78, 5) is 2.24. The molecule has 1 aromatic rings. The topological polar surface area (TPSA) is 54.2 Å². The van der Waals surface area contributed by atoms with E-state index in [1.54, 1.807) is 0 Å². The third-order valence-electron chi connectivity index (χ3n) is 3.88. The molecular formula is C11H18N4O. The van der Waals surface area contributed by atoms with Gasteiger partial charge in [-0.2, -0.15) is 0 Å². The molecular weight excluding hydrogens is 204 g/mol. The van der Waals surface area contributed by atoms with Crippen LogP contribution in [0.5, 0.6) is 0 Å². The predicted molar refractivity (Wildman–Crippen MR) is 58.7 cm³/mol. The van der Waals surface area contributed by atoms with Gasteiger partial charge in [-0.1, -0.05) is 0 Å². The highest BCUT2D eigenvalue weighted by Gasteiger charge is 2.51. The number of aryl methyl sites for hydroxylation is 1. The van der Waals surface area contributed by atoms with Crippen molar-refractivity contribution in [2.45, 2.75) is 31.9 Å². The monoisotopic (exact) mass is 222 g/mol. The SMILES string of the molecule is Cc1nnc(CN2CC(O)(C3CC3)C2)n1C. The molecule has 16 heavy (non-hydrogen) atoms. The first kappa shape index (κ1) is 10.2. The van der Waals surface area contributed by atoms with Crippen LogP contribution in [-0.2, 0) is 13.6 Å². The molecule has 0 radical (unpaired) electrons. The van der Waals surface area contributed by atoms with Gasteiger partial charge < -0.3 is 9.67 Å². The summed E-state index contributed by atoms with van der Waals surface area (Å²) in [5.41, 5.74) is -0.395. The molecule has 2 heterocycles. The van der Waals surface area contributed by atoms with Crippen molar-refractivity contribution >= 4 is 0 Å². The van der Waals surface area contributed by atoms with E-state index in [9.17, 15) is 5.11 Å². The van der Waals surface area contributed by atoms with E-state index in [0.29, 0.717) is 5.92 Å². The van der Waals surface area contributed by atoms with Gasteiger partial charge in [-0.3, -0.25) is 4.90 Å². The molecule has 0 amide bonds. The van der Waals surface area contributed by atoms with Gasteiger partial charge in [0.05, 0.1) is 12.1 Å². The van der Waals surface area contributed by atoms with Gasteiger partial charge >= 0.3 is 0 Å². The predicted octanol–water partition coefficient (Wildman–Crippen LogP) is 0.0802. The number of rotatable bonds is 3. The first-order valence-electron chi connectivity index (χ1n) is 5.88. The van der Waals surface area contributed by atoms with Crippen molar-refractivity contribution in [3.05, 3.63) is 11.6 Å². The lowest BCUT2D eigenvalue weighted by Crippen LogP contribution is -2.62. The first-order valence-corrected chi connectivity index (χ1v) is 5.88. The molecule has 0 spiro atoms. The normalized spacial score (nSPS) is 24.4. The Morgan fingerprint density at radius 2 is 2.06 bits per heavy atom. The van der Waals surface area contributed by atoms with Gasteiger partial charge in [0.2, 0.25) is 0 Å². The lowest BCUT2D eigenvalue weighted by molar-refractivity contribution is -0.117. The zero-order valence-electron chi connectivity index (χ0n) is 9.85. The van der Waals surface area contributed by atoms with E-state index in [1.165, 1.54) is 12.8 Å². The molecule has 1 saturated carbocycles. The fourth-order valence-electron chi connectivity index (χ4n) is 2.51. The van der Waals surface area contributed by atoms with Crippen molar-refractivity contribution in [2.24, 2.45) is 13.0 Å². The highest BCUT2D eigenvalue weighted by atomic mass is 16.3. The molecule has 0 aromatic carbocycles. The highest BCUT2D eigenvalue weighted by Crippen LogP contribution is 2.44. The molecule has 2 aliphatic rings. The zero-order valence-corrected chi connectivity index (χ0v) is 9.85. The second kappa shape index (κ2) is 3.28. The van der Waals surface area contributed by atoms with Gasteiger partial charge in [-0.15, -0.1) is 10.2 Å². The largest absolute Gasteiger partial charge is 0.387 e. The van der Waals surface area contributed by atoms with Crippen molar-refractivity contribution in [2.75, 3.05) is 13.1 Å². The third kappa shape index (κ3) is 1.55. The Kier molecular flexibility index (Phi) is 2.09. The summed E-state index contributed by atoms with van der Waals surface area (Å²) < 4.78 is 2.01. The number of hydrogen-bond acceptors (Lipinski definition) is 4. The fraction of sp³-hybridized carbons (Fsp3) is 0.818. The van der Waals surface area contributed by atoms with Crippen LogP contribution in [0.3, 0.4) is 0 Å². The average molecular weight is 222 g/mol. The number of likely N-dealkylation sites (tertiary alicyclic amines) is 1. The summed E-state index contributed by atoms with van der Waals surface area (Å²) in [6.07, 6.45) is 2.40. The van der Waals surface area contributed by atoms with Crippen molar-refractivity contribution < 1.29 is 5.11 Å². The van der Waals surface area contributed by atoms with E-state index in [0.717, 1.165) is 31.3 Å². The minimum atomic E-state index is -0.395. The quantitative estimate of drug-likeness (QED) is 0.787. The van der Waals surface area contributed by atoms with Crippen LogP contribution in [0.4, 0.5) is 0 Å². The number of aliphatic hydroxyl groups is 1. The Hall–Kier alpha value is -0.940. The second-order valence-corrected chi connectivity index (χ2v) is 5.25. The standard InChI is InChI=1S/C11H18N4O/c1-8-12-13-10(14(8)2)5-15-6-11(16,7-15)9-3-4-9/h9,16H,3-7H2,1-2H3. The maximum atomic E-state index is 10.2. The first-order chi connectivity index (χ1) is 7.58. The molecule has 0 atom stereocenters. The van der Waals surface area contributed by atoms with Crippen LogP contribution in [0.1, 0.15) is 24.5 Å². The van der Waals surface area contributed by atoms with Crippen LogP contribution >= 0.6 is 0 Å². The van der Waals surface area contributed by atoms with Crippen LogP contribution in [-0.4, -0.2) is 43.5 Å². The Morgan fingerprint density at radius 3 is 2.56 bits per heavy atom. The van der Waals surface area contributed by atoms with E-state index in [-0.39, 0.29) is 0 Å².